The standard InChI is InChI=1S/C13H20N2O3/c1-5-18-13(3,4)9-14-11-7-6-8-12(10(11)2)15(16)17/h6-8,14H,5,9H2,1-4H3. The third-order valence-corrected chi connectivity index (χ3v) is 2.74. The number of hydrogen-bond acceptors (Lipinski definition) is 4. The van der Waals surface area contributed by atoms with Gasteiger partial charge in [-0.2, -0.15) is 0 Å². The van der Waals surface area contributed by atoms with Gasteiger partial charge in [0.1, 0.15) is 0 Å². The SMILES string of the molecule is CCOC(C)(C)CNc1cccc([N+](=O)[O-])c1C. The van der Waals surface area contributed by atoms with Gasteiger partial charge < -0.3 is 10.1 Å². The molecule has 0 bridgehead atoms. The van der Waals surface area contributed by atoms with Crippen molar-refractivity contribution in [3.63, 3.8) is 0 Å². The summed E-state index contributed by atoms with van der Waals surface area (Å²) in [7, 11) is 0. The summed E-state index contributed by atoms with van der Waals surface area (Å²) in [6.45, 7) is 8.90. The van der Waals surface area contributed by atoms with Crippen LogP contribution >= 0.6 is 0 Å². The summed E-state index contributed by atoms with van der Waals surface area (Å²) in [6.07, 6.45) is 0. The van der Waals surface area contributed by atoms with Crippen LogP contribution in [0.2, 0.25) is 0 Å². The third-order valence-electron chi connectivity index (χ3n) is 2.74. The van der Waals surface area contributed by atoms with E-state index in [4.69, 9.17) is 4.74 Å². The maximum Gasteiger partial charge on any atom is 0.274 e. The van der Waals surface area contributed by atoms with Gasteiger partial charge in [-0.3, -0.25) is 10.1 Å². The van der Waals surface area contributed by atoms with Crippen LogP contribution in [0.4, 0.5) is 11.4 Å². The molecule has 1 N–H and O–H groups in total. The molecule has 0 aliphatic rings. The number of ether oxygens (including phenoxy) is 1. The number of nitrogens with zero attached hydrogens (tertiary/aromatic N) is 1. The van der Waals surface area contributed by atoms with Crippen LogP contribution in [0.3, 0.4) is 0 Å². The van der Waals surface area contributed by atoms with Crippen molar-refractivity contribution in [2.45, 2.75) is 33.3 Å². The average Bonchev–Trinajstić information content (AvgIpc) is 2.27. The molecule has 0 spiro atoms. The Labute approximate surface area is 107 Å². The van der Waals surface area contributed by atoms with Crippen molar-refractivity contribution in [1.29, 1.82) is 0 Å². The van der Waals surface area contributed by atoms with Gasteiger partial charge in [0.05, 0.1) is 10.5 Å². The first kappa shape index (κ1) is 14.4. The quantitative estimate of drug-likeness (QED) is 0.624. The lowest BCUT2D eigenvalue weighted by atomic mass is 10.1. The third kappa shape index (κ3) is 3.70. The minimum absolute atomic E-state index is 0.134. The second-order valence-corrected chi connectivity index (χ2v) is 4.75. The zero-order chi connectivity index (χ0) is 13.8. The Morgan fingerprint density at radius 1 is 1.44 bits per heavy atom. The fourth-order valence-electron chi connectivity index (χ4n) is 1.76. The predicted molar refractivity (Wildman–Crippen MR) is 72.0 cm³/mol. The van der Waals surface area contributed by atoms with E-state index in [1.807, 2.05) is 26.8 Å². The summed E-state index contributed by atoms with van der Waals surface area (Å²) in [6, 6.07) is 5.03. The van der Waals surface area contributed by atoms with E-state index >= 15 is 0 Å². The van der Waals surface area contributed by atoms with Crippen molar-refractivity contribution in [3.05, 3.63) is 33.9 Å². The number of nitro groups is 1. The average molecular weight is 252 g/mol. The maximum absolute atomic E-state index is 10.8. The molecule has 1 aromatic rings. The topological polar surface area (TPSA) is 64.4 Å². The molecular weight excluding hydrogens is 232 g/mol. The number of rotatable bonds is 6. The van der Waals surface area contributed by atoms with Gasteiger partial charge in [-0.1, -0.05) is 6.07 Å². The van der Waals surface area contributed by atoms with Gasteiger partial charge in [0.25, 0.3) is 5.69 Å². The molecule has 100 valence electrons. The molecule has 0 aromatic heterocycles. The molecule has 0 aliphatic heterocycles. The first-order valence-corrected chi connectivity index (χ1v) is 5.99. The molecule has 5 heteroatoms. The Bertz CT molecular complexity index is 430. The first-order valence-electron chi connectivity index (χ1n) is 5.99. The lowest BCUT2D eigenvalue weighted by molar-refractivity contribution is -0.385. The van der Waals surface area contributed by atoms with E-state index in [0.29, 0.717) is 18.7 Å². The molecule has 0 unspecified atom stereocenters. The minimum atomic E-state index is -0.367. The molecule has 0 heterocycles. The molecule has 0 aliphatic carbocycles. The summed E-state index contributed by atoms with van der Waals surface area (Å²) < 4.78 is 5.57. The zero-order valence-corrected chi connectivity index (χ0v) is 11.3. The van der Waals surface area contributed by atoms with Crippen LogP contribution < -0.4 is 5.32 Å². The highest BCUT2D eigenvalue weighted by Crippen LogP contribution is 2.25. The van der Waals surface area contributed by atoms with Gasteiger partial charge in [-0.25, -0.2) is 0 Å². The molecular formula is C13H20N2O3. The second kappa shape index (κ2) is 5.82. The molecule has 1 aromatic carbocycles. The molecule has 0 fully saturated rings. The highest BCUT2D eigenvalue weighted by atomic mass is 16.6. The van der Waals surface area contributed by atoms with Gasteiger partial charge >= 0.3 is 0 Å². The van der Waals surface area contributed by atoms with Gasteiger partial charge in [-0.05, 0) is 33.8 Å². The van der Waals surface area contributed by atoms with E-state index in [1.54, 1.807) is 13.0 Å². The molecule has 0 radical (unpaired) electrons. The molecule has 0 saturated heterocycles. The highest BCUT2D eigenvalue weighted by molar-refractivity contribution is 5.59. The van der Waals surface area contributed by atoms with E-state index < -0.39 is 0 Å². The second-order valence-electron chi connectivity index (χ2n) is 4.75. The van der Waals surface area contributed by atoms with Crippen molar-refractivity contribution in [2.75, 3.05) is 18.5 Å². The Balaban J connectivity index is 2.80. The molecule has 0 saturated carbocycles. The van der Waals surface area contributed by atoms with Crippen molar-refractivity contribution >= 4 is 11.4 Å². The monoisotopic (exact) mass is 252 g/mol. The Morgan fingerprint density at radius 3 is 2.67 bits per heavy atom. The van der Waals surface area contributed by atoms with Crippen LogP contribution in [0, 0.1) is 17.0 Å². The summed E-state index contributed by atoms with van der Waals surface area (Å²) in [5, 5.41) is 14.0. The Kier molecular flexibility index (Phi) is 4.67. The van der Waals surface area contributed by atoms with E-state index in [9.17, 15) is 10.1 Å². The fourth-order valence-corrected chi connectivity index (χ4v) is 1.76. The van der Waals surface area contributed by atoms with Gasteiger partial charge in [0, 0.05) is 30.5 Å². The van der Waals surface area contributed by atoms with Crippen LogP contribution in [0.25, 0.3) is 0 Å². The van der Waals surface area contributed by atoms with Gasteiger partial charge in [-0.15, -0.1) is 0 Å². The van der Waals surface area contributed by atoms with Crippen LogP contribution in [0.5, 0.6) is 0 Å². The summed E-state index contributed by atoms with van der Waals surface area (Å²) in [5.74, 6) is 0. The molecule has 5 nitrogen and oxygen atoms in total. The largest absolute Gasteiger partial charge is 0.382 e. The van der Waals surface area contributed by atoms with E-state index in [2.05, 4.69) is 5.32 Å². The zero-order valence-electron chi connectivity index (χ0n) is 11.3. The normalized spacial score (nSPS) is 11.3. The molecule has 0 amide bonds. The summed E-state index contributed by atoms with van der Waals surface area (Å²) >= 11 is 0. The maximum atomic E-state index is 10.8. The molecule has 1 rings (SSSR count). The van der Waals surface area contributed by atoms with Crippen molar-refractivity contribution in [3.8, 4) is 0 Å². The van der Waals surface area contributed by atoms with E-state index in [1.165, 1.54) is 6.07 Å². The van der Waals surface area contributed by atoms with Crippen LogP contribution in [0.15, 0.2) is 18.2 Å². The summed E-state index contributed by atoms with van der Waals surface area (Å²) in [4.78, 5) is 10.5. The smallest absolute Gasteiger partial charge is 0.274 e. The van der Waals surface area contributed by atoms with Gasteiger partial charge in [0.15, 0.2) is 0 Å². The predicted octanol–water partition coefficient (Wildman–Crippen LogP) is 3.13. The number of nitrogens with one attached hydrogen (secondary N) is 1. The lowest BCUT2D eigenvalue weighted by Gasteiger charge is -2.25. The minimum Gasteiger partial charge on any atom is -0.382 e. The van der Waals surface area contributed by atoms with Crippen LogP contribution in [-0.4, -0.2) is 23.7 Å². The number of anilines is 1. The Morgan fingerprint density at radius 2 is 2.11 bits per heavy atom. The van der Waals surface area contributed by atoms with E-state index in [-0.39, 0.29) is 16.2 Å². The first-order chi connectivity index (χ1) is 8.37. The molecule has 0 atom stereocenters. The number of benzene rings is 1. The highest BCUT2D eigenvalue weighted by Gasteiger charge is 2.19. The number of nitro benzene ring substituents is 1. The van der Waals surface area contributed by atoms with Crippen LogP contribution in [0.1, 0.15) is 26.3 Å². The Hall–Kier alpha value is -1.62. The van der Waals surface area contributed by atoms with Crippen LogP contribution in [-0.2, 0) is 4.74 Å². The van der Waals surface area contributed by atoms with Crippen molar-refractivity contribution in [2.24, 2.45) is 0 Å². The van der Waals surface area contributed by atoms with Crippen molar-refractivity contribution in [1.82, 2.24) is 0 Å². The lowest BCUT2D eigenvalue weighted by Crippen LogP contribution is -2.33. The van der Waals surface area contributed by atoms with Gasteiger partial charge in [0.2, 0.25) is 0 Å². The number of hydrogen-bond donors (Lipinski definition) is 1. The van der Waals surface area contributed by atoms with Crippen molar-refractivity contribution < 1.29 is 9.66 Å². The fraction of sp³-hybridized carbons (Fsp3) is 0.538. The molecule has 18 heavy (non-hydrogen) atoms. The summed E-state index contributed by atoms with van der Waals surface area (Å²) in [5.41, 5.74) is 1.26. The van der Waals surface area contributed by atoms with E-state index in [0.717, 1.165) is 5.69 Å².